The lowest BCUT2D eigenvalue weighted by Gasteiger charge is -2.15. The lowest BCUT2D eigenvalue weighted by Crippen LogP contribution is -2.28. The summed E-state index contributed by atoms with van der Waals surface area (Å²) in [4.78, 5) is 13.6. The maximum atomic E-state index is 12.4. The van der Waals surface area contributed by atoms with E-state index in [-0.39, 0.29) is 11.6 Å². The first-order chi connectivity index (χ1) is 10.4. The number of aromatic amines is 1. The number of nitrogens with one attached hydrogen (secondary N) is 1. The van der Waals surface area contributed by atoms with Gasteiger partial charge >= 0.3 is 6.55 Å². The van der Waals surface area contributed by atoms with E-state index >= 15 is 0 Å². The van der Waals surface area contributed by atoms with Crippen LogP contribution in [0.4, 0.5) is 8.78 Å². The fourth-order valence-electron chi connectivity index (χ4n) is 2.29. The molecule has 2 aromatic heterocycles. The van der Waals surface area contributed by atoms with E-state index in [1.54, 1.807) is 7.05 Å². The second kappa shape index (κ2) is 6.67. The van der Waals surface area contributed by atoms with Gasteiger partial charge in [-0.1, -0.05) is 0 Å². The van der Waals surface area contributed by atoms with Crippen molar-refractivity contribution in [2.24, 2.45) is 0 Å². The first-order valence-corrected chi connectivity index (χ1v) is 6.99. The zero-order valence-electron chi connectivity index (χ0n) is 12.8. The van der Waals surface area contributed by atoms with Crippen LogP contribution >= 0.6 is 0 Å². The van der Waals surface area contributed by atoms with E-state index in [4.69, 9.17) is 0 Å². The van der Waals surface area contributed by atoms with Gasteiger partial charge in [-0.25, -0.2) is 4.68 Å². The Bertz CT molecular complexity index is 630. The van der Waals surface area contributed by atoms with Crippen LogP contribution in [-0.4, -0.2) is 44.4 Å². The fraction of sp³-hybridized carbons (Fsp3) is 0.500. The van der Waals surface area contributed by atoms with Crippen LogP contribution in [-0.2, 0) is 6.42 Å². The Morgan fingerprint density at radius 1 is 1.45 bits per heavy atom. The second-order valence-electron chi connectivity index (χ2n) is 5.20. The fourth-order valence-corrected chi connectivity index (χ4v) is 2.29. The molecule has 0 radical (unpaired) electrons. The van der Waals surface area contributed by atoms with Gasteiger partial charge in [-0.15, -0.1) is 0 Å². The first kappa shape index (κ1) is 16.1. The minimum absolute atomic E-state index is 0.0264. The van der Waals surface area contributed by atoms with Gasteiger partial charge in [0.05, 0.1) is 5.69 Å². The Kier molecular flexibility index (Phi) is 4.89. The van der Waals surface area contributed by atoms with Crippen molar-refractivity contribution in [2.75, 3.05) is 13.6 Å². The number of carbonyl (C=O) groups is 1. The number of aromatic nitrogens is 4. The molecule has 1 N–H and O–H groups in total. The smallest absolute Gasteiger partial charge is 0.333 e. The van der Waals surface area contributed by atoms with E-state index in [0.29, 0.717) is 11.2 Å². The molecule has 22 heavy (non-hydrogen) atoms. The van der Waals surface area contributed by atoms with Crippen LogP contribution in [0.2, 0.25) is 0 Å². The zero-order chi connectivity index (χ0) is 16.3. The van der Waals surface area contributed by atoms with E-state index < -0.39 is 6.55 Å². The van der Waals surface area contributed by atoms with Crippen molar-refractivity contribution < 1.29 is 13.6 Å². The molecule has 2 rings (SSSR count). The molecule has 0 fully saturated rings. The minimum Gasteiger partial charge on any atom is -0.340 e. The molecular formula is C14H19F2N5O. The number of amides is 1. The summed E-state index contributed by atoms with van der Waals surface area (Å²) in [5.74, 6) is -0.361. The van der Waals surface area contributed by atoms with Gasteiger partial charge in [0.2, 0.25) is 0 Å². The molecule has 0 atom stereocenters. The summed E-state index contributed by atoms with van der Waals surface area (Å²) >= 11 is 0. The molecule has 0 unspecified atom stereocenters. The largest absolute Gasteiger partial charge is 0.340 e. The highest BCUT2D eigenvalue weighted by Gasteiger charge is 2.17. The van der Waals surface area contributed by atoms with Gasteiger partial charge in [0.1, 0.15) is 0 Å². The lowest BCUT2D eigenvalue weighted by atomic mass is 10.1. The average Bonchev–Trinajstić information content (AvgIpc) is 3.08. The van der Waals surface area contributed by atoms with Crippen molar-refractivity contribution in [2.45, 2.75) is 33.2 Å². The van der Waals surface area contributed by atoms with Crippen LogP contribution < -0.4 is 0 Å². The molecule has 0 bridgehead atoms. The van der Waals surface area contributed by atoms with Gasteiger partial charge < -0.3 is 4.90 Å². The molecule has 1 amide bonds. The van der Waals surface area contributed by atoms with Crippen molar-refractivity contribution in [3.05, 3.63) is 34.9 Å². The molecule has 2 heterocycles. The number of carbonyl (C=O) groups excluding carboxylic acids is 1. The summed E-state index contributed by atoms with van der Waals surface area (Å²) in [6.45, 7) is 1.68. The highest BCUT2D eigenvalue weighted by atomic mass is 19.3. The first-order valence-electron chi connectivity index (χ1n) is 6.99. The summed E-state index contributed by atoms with van der Waals surface area (Å²) in [7, 11) is 1.64. The zero-order valence-corrected chi connectivity index (χ0v) is 12.8. The number of hydrogen-bond acceptors (Lipinski definition) is 3. The van der Waals surface area contributed by atoms with E-state index in [1.807, 2.05) is 13.8 Å². The Balaban J connectivity index is 1.88. The molecule has 120 valence electrons. The number of alkyl halides is 2. The third-order valence-electron chi connectivity index (χ3n) is 3.58. The van der Waals surface area contributed by atoms with Crippen molar-refractivity contribution in [3.8, 4) is 0 Å². The molecule has 0 aliphatic heterocycles. The molecule has 8 heteroatoms. The number of hydrogen-bond donors (Lipinski definition) is 1. The molecule has 0 saturated carbocycles. The normalized spacial score (nSPS) is 11.2. The average molecular weight is 311 g/mol. The second-order valence-corrected chi connectivity index (χ2v) is 5.20. The predicted molar refractivity (Wildman–Crippen MR) is 76.8 cm³/mol. The Morgan fingerprint density at radius 3 is 2.73 bits per heavy atom. The molecule has 0 spiro atoms. The van der Waals surface area contributed by atoms with Crippen LogP contribution in [0, 0.1) is 13.8 Å². The number of nitrogens with zero attached hydrogens (tertiary/aromatic N) is 4. The highest BCUT2D eigenvalue weighted by molar-refractivity contribution is 5.91. The third kappa shape index (κ3) is 3.49. The SMILES string of the molecule is Cc1n[nH]c(C)c1CCCN(C)C(=O)c1ccn(C(F)F)n1. The highest BCUT2D eigenvalue weighted by Crippen LogP contribution is 2.13. The number of halogens is 2. The van der Waals surface area contributed by atoms with Gasteiger partial charge in [-0.05, 0) is 38.3 Å². The van der Waals surface area contributed by atoms with Gasteiger partial charge in [-0.2, -0.15) is 19.0 Å². The molecular weight excluding hydrogens is 292 g/mol. The summed E-state index contributed by atoms with van der Waals surface area (Å²) in [6, 6.07) is 1.30. The van der Waals surface area contributed by atoms with Crippen molar-refractivity contribution in [3.63, 3.8) is 0 Å². The standard InChI is InChI=1S/C14H19F2N5O/c1-9-11(10(2)18-17-9)5-4-7-20(3)13(22)12-6-8-21(19-12)14(15)16/h6,8,14H,4-5,7H2,1-3H3,(H,17,18). The van der Waals surface area contributed by atoms with Crippen molar-refractivity contribution >= 4 is 5.91 Å². The summed E-state index contributed by atoms with van der Waals surface area (Å²) in [5, 5.41) is 10.6. The lowest BCUT2D eigenvalue weighted by molar-refractivity contribution is 0.0554. The summed E-state index contributed by atoms with van der Waals surface area (Å²) in [6.07, 6.45) is 2.67. The maximum absolute atomic E-state index is 12.4. The molecule has 2 aromatic rings. The van der Waals surface area contributed by atoms with Gasteiger partial charge in [0.25, 0.3) is 5.91 Å². The maximum Gasteiger partial charge on any atom is 0.333 e. The van der Waals surface area contributed by atoms with E-state index in [9.17, 15) is 13.6 Å². The Hall–Kier alpha value is -2.25. The Morgan fingerprint density at radius 2 is 2.18 bits per heavy atom. The minimum atomic E-state index is -2.74. The van der Waals surface area contributed by atoms with Gasteiger partial charge in [0, 0.05) is 25.5 Å². The van der Waals surface area contributed by atoms with Crippen LogP contribution in [0.25, 0.3) is 0 Å². The molecule has 6 nitrogen and oxygen atoms in total. The van der Waals surface area contributed by atoms with Gasteiger partial charge in [0.15, 0.2) is 5.69 Å². The number of rotatable bonds is 6. The third-order valence-corrected chi connectivity index (χ3v) is 3.58. The quantitative estimate of drug-likeness (QED) is 0.890. The molecule has 0 aliphatic carbocycles. The summed E-state index contributed by atoms with van der Waals surface area (Å²) in [5.41, 5.74) is 3.17. The van der Waals surface area contributed by atoms with E-state index in [2.05, 4.69) is 15.3 Å². The molecule has 0 aromatic carbocycles. The topological polar surface area (TPSA) is 66.8 Å². The number of aryl methyl sites for hydroxylation is 2. The van der Waals surface area contributed by atoms with Crippen molar-refractivity contribution in [1.29, 1.82) is 0 Å². The van der Waals surface area contributed by atoms with Crippen LogP contribution in [0.5, 0.6) is 0 Å². The van der Waals surface area contributed by atoms with Crippen LogP contribution in [0.1, 0.15) is 40.4 Å². The van der Waals surface area contributed by atoms with Crippen LogP contribution in [0.15, 0.2) is 12.3 Å². The Labute approximate surface area is 127 Å². The summed E-state index contributed by atoms with van der Waals surface area (Å²) < 4.78 is 25.4. The molecule has 0 saturated heterocycles. The number of H-pyrrole nitrogens is 1. The van der Waals surface area contributed by atoms with E-state index in [0.717, 1.165) is 36.0 Å². The molecule has 0 aliphatic rings. The van der Waals surface area contributed by atoms with Crippen LogP contribution in [0.3, 0.4) is 0 Å². The monoisotopic (exact) mass is 311 g/mol. The van der Waals surface area contributed by atoms with Gasteiger partial charge in [-0.3, -0.25) is 9.89 Å². The van der Waals surface area contributed by atoms with E-state index in [1.165, 1.54) is 11.0 Å². The predicted octanol–water partition coefficient (Wildman–Crippen LogP) is 2.32. The van der Waals surface area contributed by atoms with Crippen molar-refractivity contribution in [1.82, 2.24) is 24.9 Å².